The molecule has 0 radical (unpaired) electrons. The van der Waals surface area contributed by atoms with E-state index in [4.69, 9.17) is 9.15 Å². The molecule has 1 amide bonds. The quantitative estimate of drug-likeness (QED) is 0.463. The van der Waals surface area contributed by atoms with E-state index < -0.39 is 18.5 Å². The summed E-state index contributed by atoms with van der Waals surface area (Å²) in [6, 6.07) is 13.1. The zero-order valence-electron chi connectivity index (χ0n) is 17.1. The zero-order chi connectivity index (χ0) is 22.0. The molecular weight excluding hydrogens is 396 g/mol. The number of para-hydroxylation sites is 1. The Kier molecular flexibility index (Phi) is 5.33. The van der Waals surface area contributed by atoms with Crippen LogP contribution in [0.5, 0.6) is 0 Å². The van der Waals surface area contributed by atoms with Crippen LogP contribution in [0.4, 0.5) is 5.82 Å². The molecule has 4 rings (SSSR count). The zero-order valence-corrected chi connectivity index (χ0v) is 17.1. The Labute approximate surface area is 178 Å². The normalized spacial score (nSPS) is 10.7. The van der Waals surface area contributed by atoms with Crippen LogP contribution in [-0.2, 0) is 16.1 Å². The van der Waals surface area contributed by atoms with E-state index in [-0.39, 0.29) is 0 Å². The monoisotopic (exact) mass is 416 g/mol. The number of aromatic amines is 1. The standard InChI is InChI=1S/C23H20N4O4/c1-14-15(2)27(12-16-6-5-9-30-16)22(18(14)10-24)26-21(28)13-31-23(29)19-11-25-20-8-4-3-7-17(19)20/h3-9,11,25H,12-13H2,1-2H3,(H,26,28). The van der Waals surface area contributed by atoms with Crippen molar-refractivity contribution in [2.24, 2.45) is 0 Å². The van der Waals surface area contributed by atoms with Crippen LogP contribution >= 0.6 is 0 Å². The van der Waals surface area contributed by atoms with E-state index in [0.29, 0.717) is 29.2 Å². The number of nitrogens with zero attached hydrogens (tertiary/aromatic N) is 2. The number of furan rings is 1. The molecule has 0 saturated carbocycles. The number of benzene rings is 1. The Balaban J connectivity index is 1.50. The Bertz CT molecular complexity index is 1310. The Morgan fingerprint density at radius 1 is 1.23 bits per heavy atom. The van der Waals surface area contributed by atoms with Crippen LogP contribution in [0.15, 0.2) is 53.3 Å². The number of ether oxygens (including phenoxy) is 1. The molecule has 31 heavy (non-hydrogen) atoms. The lowest BCUT2D eigenvalue weighted by molar-refractivity contribution is -0.119. The van der Waals surface area contributed by atoms with Gasteiger partial charge < -0.3 is 24.0 Å². The van der Waals surface area contributed by atoms with Crippen LogP contribution in [0.25, 0.3) is 10.9 Å². The number of anilines is 1. The van der Waals surface area contributed by atoms with Crippen molar-refractivity contribution in [2.45, 2.75) is 20.4 Å². The van der Waals surface area contributed by atoms with Crippen molar-refractivity contribution in [3.63, 3.8) is 0 Å². The number of nitriles is 1. The molecule has 0 saturated heterocycles. The topological polar surface area (TPSA) is 113 Å². The second-order valence-corrected chi connectivity index (χ2v) is 7.08. The molecule has 2 N–H and O–H groups in total. The summed E-state index contributed by atoms with van der Waals surface area (Å²) in [4.78, 5) is 28.0. The Morgan fingerprint density at radius 2 is 2.03 bits per heavy atom. The third-order valence-corrected chi connectivity index (χ3v) is 5.24. The minimum atomic E-state index is -0.605. The minimum absolute atomic E-state index is 0.349. The first-order valence-electron chi connectivity index (χ1n) is 9.65. The minimum Gasteiger partial charge on any atom is -0.467 e. The second kappa shape index (κ2) is 8.24. The van der Waals surface area contributed by atoms with Gasteiger partial charge in [0.2, 0.25) is 0 Å². The molecule has 8 nitrogen and oxygen atoms in total. The number of hydrogen-bond donors (Lipinski definition) is 2. The average molecular weight is 416 g/mol. The van der Waals surface area contributed by atoms with Crippen molar-refractivity contribution in [3.8, 4) is 6.07 Å². The van der Waals surface area contributed by atoms with E-state index in [2.05, 4.69) is 16.4 Å². The lowest BCUT2D eigenvalue weighted by Gasteiger charge is -2.12. The molecule has 0 unspecified atom stereocenters. The van der Waals surface area contributed by atoms with Crippen molar-refractivity contribution < 1.29 is 18.7 Å². The van der Waals surface area contributed by atoms with Gasteiger partial charge in [-0.05, 0) is 37.6 Å². The highest BCUT2D eigenvalue weighted by Crippen LogP contribution is 2.27. The number of rotatable bonds is 6. The molecule has 3 aromatic heterocycles. The number of carbonyl (C=O) groups excluding carboxylic acids is 2. The van der Waals surface area contributed by atoms with Crippen LogP contribution < -0.4 is 5.32 Å². The highest BCUT2D eigenvalue weighted by Gasteiger charge is 2.21. The molecule has 0 atom stereocenters. The number of hydrogen-bond acceptors (Lipinski definition) is 5. The number of amides is 1. The fourth-order valence-corrected chi connectivity index (χ4v) is 3.50. The maximum absolute atomic E-state index is 12.6. The fraction of sp³-hybridized carbons (Fsp3) is 0.174. The molecule has 0 aliphatic heterocycles. The van der Waals surface area contributed by atoms with Gasteiger partial charge in [-0.25, -0.2) is 4.79 Å². The number of aromatic nitrogens is 2. The molecule has 8 heteroatoms. The van der Waals surface area contributed by atoms with Crippen molar-refractivity contribution >= 4 is 28.6 Å². The van der Waals surface area contributed by atoms with Gasteiger partial charge in [0.1, 0.15) is 17.6 Å². The van der Waals surface area contributed by atoms with Crippen molar-refractivity contribution in [1.29, 1.82) is 5.26 Å². The number of H-pyrrole nitrogens is 1. The smallest absolute Gasteiger partial charge is 0.340 e. The maximum Gasteiger partial charge on any atom is 0.340 e. The van der Waals surface area contributed by atoms with E-state index in [0.717, 1.165) is 22.2 Å². The lowest BCUT2D eigenvalue weighted by atomic mass is 10.2. The lowest BCUT2D eigenvalue weighted by Crippen LogP contribution is -2.23. The first-order valence-corrected chi connectivity index (χ1v) is 9.65. The summed E-state index contributed by atoms with van der Waals surface area (Å²) in [6.07, 6.45) is 3.12. The molecule has 1 aromatic carbocycles. The van der Waals surface area contributed by atoms with E-state index in [1.807, 2.05) is 38.1 Å². The van der Waals surface area contributed by atoms with Crippen molar-refractivity contribution in [3.05, 3.63) is 77.0 Å². The van der Waals surface area contributed by atoms with Gasteiger partial charge in [-0.2, -0.15) is 5.26 Å². The molecule has 0 bridgehead atoms. The number of carbonyl (C=O) groups is 2. The molecule has 156 valence electrons. The SMILES string of the molecule is Cc1c(C#N)c(NC(=O)COC(=O)c2c[nH]c3ccccc23)n(Cc2ccco2)c1C. The molecule has 4 aromatic rings. The highest BCUT2D eigenvalue weighted by atomic mass is 16.5. The van der Waals surface area contributed by atoms with Gasteiger partial charge in [-0.1, -0.05) is 18.2 Å². The summed E-state index contributed by atoms with van der Waals surface area (Å²) in [6.45, 7) is 3.56. The summed E-state index contributed by atoms with van der Waals surface area (Å²) in [5.41, 5.74) is 3.12. The molecule has 0 aliphatic rings. The van der Waals surface area contributed by atoms with Gasteiger partial charge in [0.05, 0.1) is 23.9 Å². The first kappa shape index (κ1) is 20.0. The average Bonchev–Trinajstić information content (AvgIpc) is 3.48. The molecule has 3 heterocycles. The molecule has 0 spiro atoms. The van der Waals surface area contributed by atoms with E-state index >= 15 is 0 Å². The predicted molar refractivity (Wildman–Crippen MR) is 114 cm³/mol. The van der Waals surface area contributed by atoms with Gasteiger partial charge >= 0.3 is 5.97 Å². The summed E-state index contributed by atoms with van der Waals surface area (Å²) in [5.74, 6) is -0.111. The largest absolute Gasteiger partial charge is 0.467 e. The number of esters is 1. The van der Waals surface area contributed by atoms with Gasteiger partial charge in [-0.3, -0.25) is 4.79 Å². The second-order valence-electron chi connectivity index (χ2n) is 7.08. The van der Waals surface area contributed by atoms with E-state index in [9.17, 15) is 14.9 Å². The van der Waals surface area contributed by atoms with Gasteiger partial charge in [0, 0.05) is 22.8 Å². The molecule has 0 aliphatic carbocycles. The number of nitrogens with one attached hydrogen (secondary N) is 2. The van der Waals surface area contributed by atoms with Crippen molar-refractivity contribution in [2.75, 3.05) is 11.9 Å². The highest BCUT2D eigenvalue weighted by molar-refractivity contribution is 6.05. The van der Waals surface area contributed by atoms with E-state index in [1.165, 1.54) is 0 Å². The Hall–Kier alpha value is -4.25. The van der Waals surface area contributed by atoms with Crippen LogP contribution in [0.3, 0.4) is 0 Å². The molecular formula is C23H20N4O4. The van der Waals surface area contributed by atoms with Gasteiger partial charge in [0.25, 0.3) is 5.91 Å². The van der Waals surface area contributed by atoms with Crippen LogP contribution in [0, 0.1) is 25.2 Å². The van der Waals surface area contributed by atoms with Crippen LogP contribution in [0.1, 0.15) is 32.9 Å². The Morgan fingerprint density at radius 3 is 2.77 bits per heavy atom. The summed E-state index contributed by atoms with van der Waals surface area (Å²) in [5, 5.41) is 13.0. The molecule has 0 fully saturated rings. The summed E-state index contributed by atoms with van der Waals surface area (Å²) >= 11 is 0. The summed E-state index contributed by atoms with van der Waals surface area (Å²) in [7, 11) is 0. The van der Waals surface area contributed by atoms with E-state index in [1.54, 1.807) is 29.2 Å². The van der Waals surface area contributed by atoms with Crippen molar-refractivity contribution in [1.82, 2.24) is 9.55 Å². The summed E-state index contributed by atoms with van der Waals surface area (Å²) < 4.78 is 12.4. The third kappa shape index (κ3) is 3.81. The fourth-order valence-electron chi connectivity index (χ4n) is 3.50. The first-order chi connectivity index (χ1) is 15.0. The number of fused-ring (bicyclic) bond motifs is 1. The van der Waals surface area contributed by atoms with Gasteiger partial charge in [0.15, 0.2) is 6.61 Å². The van der Waals surface area contributed by atoms with Crippen LogP contribution in [-0.4, -0.2) is 28.0 Å². The maximum atomic E-state index is 12.6. The van der Waals surface area contributed by atoms with Gasteiger partial charge in [-0.15, -0.1) is 0 Å². The van der Waals surface area contributed by atoms with Crippen LogP contribution in [0.2, 0.25) is 0 Å². The third-order valence-electron chi connectivity index (χ3n) is 5.24. The predicted octanol–water partition coefficient (Wildman–Crippen LogP) is 3.89.